The molecule has 0 spiro atoms. The van der Waals surface area contributed by atoms with Crippen LogP contribution in [-0.4, -0.2) is 35.5 Å². The molecule has 7 heteroatoms. The van der Waals surface area contributed by atoms with Crippen molar-refractivity contribution in [1.29, 1.82) is 0 Å². The van der Waals surface area contributed by atoms with Crippen molar-refractivity contribution in [3.8, 4) is 0 Å². The maximum Gasteiger partial charge on any atom is 0.471 e. The average Bonchev–Trinajstić information content (AvgIpc) is 1.96. The van der Waals surface area contributed by atoms with E-state index in [2.05, 4.69) is 0 Å². The Balaban J connectivity index is 4.67. The van der Waals surface area contributed by atoms with Gasteiger partial charge in [0.1, 0.15) is 0 Å². The average molecular weight is 212 g/mol. The molecular weight excluding hydrogens is 201 g/mol. The Bertz CT molecular complexity index is 238. The monoisotopic (exact) mass is 212 g/mol. The van der Waals surface area contributed by atoms with Gasteiger partial charge in [-0.3, -0.25) is 9.59 Å². The molecule has 0 aromatic carbocycles. The fraction of sp³-hybridized carbons (Fsp3) is 0.714. The molecule has 0 atom stereocenters. The molecule has 0 aliphatic heterocycles. The lowest BCUT2D eigenvalue weighted by molar-refractivity contribution is -0.187. The molecule has 2 N–H and O–H groups in total. The van der Waals surface area contributed by atoms with E-state index in [0.717, 1.165) is 0 Å². The first-order chi connectivity index (χ1) is 6.16. The minimum absolute atomic E-state index is 0.377. The zero-order valence-corrected chi connectivity index (χ0v) is 7.76. The molecule has 0 heterocycles. The molecule has 0 fully saturated rings. The lowest BCUT2D eigenvalue weighted by Gasteiger charge is -2.25. The summed E-state index contributed by atoms with van der Waals surface area (Å²) in [6.45, 7) is 2.01. The van der Waals surface area contributed by atoms with E-state index in [0.29, 0.717) is 4.90 Å². The van der Waals surface area contributed by atoms with E-state index < -0.39 is 30.6 Å². The van der Waals surface area contributed by atoms with Gasteiger partial charge in [0.2, 0.25) is 5.91 Å². The molecule has 4 nitrogen and oxygen atoms in total. The summed E-state index contributed by atoms with van der Waals surface area (Å²) in [6, 6.07) is -0.725. The van der Waals surface area contributed by atoms with Crippen LogP contribution in [0.2, 0.25) is 0 Å². The molecular formula is C7H11F3N2O2. The van der Waals surface area contributed by atoms with Gasteiger partial charge >= 0.3 is 12.1 Å². The van der Waals surface area contributed by atoms with Crippen LogP contribution < -0.4 is 5.73 Å². The zero-order chi connectivity index (χ0) is 11.5. The van der Waals surface area contributed by atoms with Crippen molar-refractivity contribution in [2.24, 2.45) is 5.73 Å². The summed E-state index contributed by atoms with van der Waals surface area (Å²) in [6.07, 6.45) is -4.97. The van der Waals surface area contributed by atoms with Crippen LogP contribution >= 0.6 is 0 Å². The molecule has 0 aromatic heterocycles. The van der Waals surface area contributed by atoms with E-state index in [-0.39, 0.29) is 0 Å². The van der Waals surface area contributed by atoms with Crippen molar-refractivity contribution >= 4 is 11.8 Å². The molecule has 0 unspecified atom stereocenters. The molecule has 82 valence electrons. The van der Waals surface area contributed by atoms with Crippen LogP contribution in [-0.2, 0) is 9.59 Å². The van der Waals surface area contributed by atoms with Crippen molar-refractivity contribution in [3.05, 3.63) is 0 Å². The first-order valence-corrected chi connectivity index (χ1v) is 3.82. The highest BCUT2D eigenvalue weighted by atomic mass is 19.4. The Morgan fingerprint density at radius 1 is 1.36 bits per heavy atom. The number of primary amides is 1. The van der Waals surface area contributed by atoms with Crippen LogP contribution in [0.5, 0.6) is 0 Å². The van der Waals surface area contributed by atoms with Crippen LogP contribution in [0.1, 0.15) is 13.8 Å². The second-order valence-electron chi connectivity index (χ2n) is 2.99. The summed E-state index contributed by atoms with van der Waals surface area (Å²) < 4.78 is 35.9. The summed E-state index contributed by atoms with van der Waals surface area (Å²) in [4.78, 5) is 21.5. The van der Waals surface area contributed by atoms with Gasteiger partial charge in [0.25, 0.3) is 0 Å². The van der Waals surface area contributed by atoms with E-state index in [1.54, 1.807) is 0 Å². The number of rotatable bonds is 3. The molecule has 0 aromatic rings. The highest BCUT2D eigenvalue weighted by molar-refractivity contribution is 5.87. The second kappa shape index (κ2) is 4.30. The van der Waals surface area contributed by atoms with E-state index in [1.807, 2.05) is 0 Å². The second-order valence-corrected chi connectivity index (χ2v) is 2.99. The molecule has 0 aliphatic carbocycles. The van der Waals surface area contributed by atoms with Gasteiger partial charge in [0.15, 0.2) is 0 Å². The Morgan fingerprint density at radius 3 is 2.00 bits per heavy atom. The molecule has 0 saturated carbocycles. The summed E-state index contributed by atoms with van der Waals surface area (Å²) in [5, 5.41) is 0. The third-order valence-corrected chi connectivity index (χ3v) is 1.45. The number of halogens is 3. The quantitative estimate of drug-likeness (QED) is 0.729. The zero-order valence-electron chi connectivity index (χ0n) is 7.76. The smallest absolute Gasteiger partial charge is 0.368 e. The SMILES string of the molecule is CC(C)N(CC(N)=O)C(=O)C(F)(F)F. The van der Waals surface area contributed by atoms with Gasteiger partial charge in [-0.15, -0.1) is 0 Å². The van der Waals surface area contributed by atoms with Gasteiger partial charge in [0.05, 0.1) is 6.54 Å². The van der Waals surface area contributed by atoms with E-state index in [9.17, 15) is 22.8 Å². The molecule has 0 saturated heterocycles. The number of carbonyl (C=O) groups excluding carboxylic acids is 2. The molecule has 0 bridgehead atoms. The van der Waals surface area contributed by atoms with Crippen molar-refractivity contribution < 1.29 is 22.8 Å². The summed E-state index contributed by atoms with van der Waals surface area (Å²) >= 11 is 0. The van der Waals surface area contributed by atoms with Gasteiger partial charge in [-0.25, -0.2) is 0 Å². The predicted molar refractivity (Wildman–Crippen MR) is 42.1 cm³/mol. The van der Waals surface area contributed by atoms with Crippen molar-refractivity contribution in [2.45, 2.75) is 26.1 Å². The maximum atomic E-state index is 12.0. The minimum Gasteiger partial charge on any atom is -0.368 e. The van der Waals surface area contributed by atoms with E-state index in [4.69, 9.17) is 5.73 Å². The number of carbonyl (C=O) groups is 2. The van der Waals surface area contributed by atoms with Crippen LogP contribution in [0.4, 0.5) is 13.2 Å². The number of alkyl halides is 3. The van der Waals surface area contributed by atoms with Gasteiger partial charge in [-0.1, -0.05) is 0 Å². The van der Waals surface area contributed by atoms with Crippen LogP contribution in [0.15, 0.2) is 0 Å². The number of amides is 2. The first kappa shape index (κ1) is 12.7. The minimum atomic E-state index is -4.97. The number of nitrogens with two attached hydrogens (primary N) is 1. The third kappa shape index (κ3) is 3.63. The van der Waals surface area contributed by atoms with Gasteiger partial charge in [0, 0.05) is 6.04 Å². The summed E-state index contributed by atoms with van der Waals surface area (Å²) in [5.41, 5.74) is 4.71. The Hall–Kier alpha value is -1.27. The first-order valence-electron chi connectivity index (χ1n) is 3.82. The van der Waals surface area contributed by atoms with E-state index in [1.165, 1.54) is 13.8 Å². The fourth-order valence-electron chi connectivity index (χ4n) is 0.820. The maximum absolute atomic E-state index is 12.0. The summed E-state index contributed by atoms with van der Waals surface area (Å²) in [7, 11) is 0. The van der Waals surface area contributed by atoms with Crippen LogP contribution in [0.25, 0.3) is 0 Å². The molecule has 0 radical (unpaired) electrons. The topological polar surface area (TPSA) is 63.4 Å². The highest BCUT2D eigenvalue weighted by Crippen LogP contribution is 2.19. The third-order valence-electron chi connectivity index (χ3n) is 1.45. The van der Waals surface area contributed by atoms with Crippen LogP contribution in [0, 0.1) is 0 Å². The normalized spacial score (nSPS) is 11.6. The Labute approximate surface area is 78.8 Å². The van der Waals surface area contributed by atoms with E-state index >= 15 is 0 Å². The number of nitrogens with zero attached hydrogens (tertiary/aromatic N) is 1. The molecule has 0 aliphatic rings. The largest absolute Gasteiger partial charge is 0.471 e. The van der Waals surface area contributed by atoms with Crippen molar-refractivity contribution in [2.75, 3.05) is 6.54 Å². The van der Waals surface area contributed by atoms with Gasteiger partial charge in [-0.05, 0) is 13.8 Å². The summed E-state index contributed by atoms with van der Waals surface area (Å²) in [5.74, 6) is -3.03. The van der Waals surface area contributed by atoms with Crippen molar-refractivity contribution in [1.82, 2.24) is 4.90 Å². The molecule has 14 heavy (non-hydrogen) atoms. The number of hydrogen-bond donors (Lipinski definition) is 1. The van der Waals surface area contributed by atoms with Crippen molar-refractivity contribution in [3.63, 3.8) is 0 Å². The lowest BCUT2D eigenvalue weighted by Crippen LogP contribution is -2.48. The molecule has 0 rings (SSSR count). The molecule has 2 amide bonds. The van der Waals surface area contributed by atoms with Gasteiger partial charge in [-0.2, -0.15) is 13.2 Å². The van der Waals surface area contributed by atoms with Crippen LogP contribution in [0.3, 0.4) is 0 Å². The standard InChI is InChI=1S/C7H11F3N2O2/c1-4(2)12(3-5(11)13)6(14)7(8,9)10/h4H,3H2,1-2H3,(H2,11,13). The highest BCUT2D eigenvalue weighted by Gasteiger charge is 2.43. The fourth-order valence-corrected chi connectivity index (χ4v) is 0.820. The Kier molecular flexibility index (Phi) is 3.91. The van der Waals surface area contributed by atoms with Gasteiger partial charge < -0.3 is 10.6 Å². The number of hydrogen-bond acceptors (Lipinski definition) is 2. The lowest BCUT2D eigenvalue weighted by atomic mass is 10.3. The Morgan fingerprint density at radius 2 is 1.79 bits per heavy atom. The predicted octanol–water partition coefficient (Wildman–Crippen LogP) is 0.271.